The summed E-state index contributed by atoms with van der Waals surface area (Å²) in [6.45, 7) is 1.78. The number of thiophene rings is 1. The van der Waals surface area contributed by atoms with E-state index in [2.05, 4.69) is 0 Å². The van der Waals surface area contributed by atoms with E-state index in [0.29, 0.717) is 29.1 Å². The first-order chi connectivity index (χ1) is 14.8. The van der Waals surface area contributed by atoms with Crippen molar-refractivity contribution in [2.45, 2.75) is 62.2 Å². The van der Waals surface area contributed by atoms with Crippen LogP contribution in [0, 0.1) is 17.2 Å². The van der Waals surface area contributed by atoms with Crippen LogP contribution in [0.2, 0.25) is 0 Å². The largest absolute Gasteiger partial charge is 0.393 e. The van der Waals surface area contributed by atoms with Gasteiger partial charge in [-0.2, -0.15) is 49.2 Å². The molecule has 0 aliphatic heterocycles. The topological polar surface area (TPSA) is 52.9 Å². The molecule has 1 N–H and O–H groups in total. The monoisotopic (exact) mass is 520 g/mol. The summed E-state index contributed by atoms with van der Waals surface area (Å²) in [6, 6.07) is 1.51. The maximum absolute atomic E-state index is 14.0. The van der Waals surface area contributed by atoms with Crippen LogP contribution in [0.5, 0.6) is 0 Å². The highest BCUT2D eigenvalue weighted by molar-refractivity contribution is 7.16. The van der Waals surface area contributed by atoms with E-state index in [0.717, 1.165) is 5.32 Å². The van der Waals surface area contributed by atoms with Crippen LogP contribution in [0.3, 0.4) is 0 Å². The van der Waals surface area contributed by atoms with Gasteiger partial charge in [0, 0.05) is 4.88 Å². The minimum atomic E-state index is -7.80. The molecule has 0 radical (unpaired) electrons. The molecule has 16 heteroatoms. The maximum atomic E-state index is 14.0. The molecule has 1 heterocycles. The zero-order valence-electron chi connectivity index (χ0n) is 16.1. The number of nitrogens with zero attached hydrogens (tertiary/aromatic N) is 1. The first kappa shape index (κ1) is 27.1. The predicted molar refractivity (Wildman–Crippen MR) is 89.6 cm³/mol. The van der Waals surface area contributed by atoms with E-state index in [4.69, 9.17) is 0 Å². The fraction of sp³-hybridized carbons (Fsp3) is 0.647. The molecule has 1 aromatic rings. The van der Waals surface area contributed by atoms with Crippen LogP contribution in [-0.2, 0) is 17.6 Å². The van der Waals surface area contributed by atoms with E-state index < -0.39 is 52.5 Å². The second-order valence-electron chi connectivity index (χ2n) is 7.34. The molecule has 186 valence electrons. The van der Waals surface area contributed by atoms with Gasteiger partial charge in [0.05, 0.1) is 5.56 Å². The van der Waals surface area contributed by atoms with Gasteiger partial charge in [-0.3, -0.25) is 4.79 Å². The second-order valence-corrected chi connectivity index (χ2v) is 8.45. The summed E-state index contributed by atoms with van der Waals surface area (Å²) in [5.74, 6) is -40.3. The number of hydrogen-bond donors (Lipinski definition) is 1. The quantitative estimate of drug-likeness (QED) is 0.441. The van der Waals surface area contributed by atoms with Crippen molar-refractivity contribution < 1.29 is 57.5 Å². The van der Waals surface area contributed by atoms with Crippen LogP contribution < -0.4 is 5.32 Å². The zero-order chi connectivity index (χ0) is 25.8. The Balaban J connectivity index is 2.44. The number of carbonyl (C=O) groups excluding carboxylic acids is 1. The van der Waals surface area contributed by atoms with Crippen LogP contribution in [0.25, 0.3) is 0 Å². The Hall–Kier alpha value is -2.18. The van der Waals surface area contributed by atoms with Gasteiger partial charge in [-0.05, 0) is 30.7 Å². The Labute approximate surface area is 181 Å². The lowest BCUT2D eigenvalue weighted by molar-refractivity contribution is -0.406. The molecule has 1 aliphatic carbocycles. The average Bonchev–Trinajstić information content (AvgIpc) is 3.02. The highest BCUT2D eigenvalue weighted by Gasteiger charge is 2.89. The molecule has 0 aromatic carbocycles. The number of nitrogens with one attached hydrogen (secondary N) is 1. The molecule has 0 fully saturated rings. The van der Waals surface area contributed by atoms with Crippen molar-refractivity contribution in [1.82, 2.24) is 0 Å². The number of carbonyl (C=O) groups is 1. The van der Waals surface area contributed by atoms with Crippen LogP contribution >= 0.6 is 11.3 Å². The van der Waals surface area contributed by atoms with Gasteiger partial charge in [0.25, 0.3) is 0 Å². The van der Waals surface area contributed by atoms with Crippen molar-refractivity contribution in [2.75, 3.05) is 5.32 Å². The second kappa shape index (κ2) is 8.24. The molecular weight excluding hydrogens is 508 g/mol. The molecule has 1 amide bonds. The lowest BCUT2D eigenvalue weighted by Gasteiger charge is -2.38. The summed E-state index contributed by atoms with van der Waals surface area (Å²) in [5, 5.41) is 9.48. The molecule has 1 aliphatic rings. The number of rotatable bonds is 7. The van der Waals surface area contributed by atoms with E-state index in [1.807, 2.05) is 0 Å². The smallest absolute Gasteiger partial charge is 0.311 e. The number of nitriles is 1. The number of alkyl halides is 12. The van der Waals surface area contributed by atoms with Crippen molar-refractivity contribution in [3.8, 4) is 6.07 Å². The Bertz CT molecular complexity index is 966. The minimum Gasteiger partial charge on any atom is -0.311 e. The molecule has 33 heavy (non-hydrogen) atoms. The van der Waals surface area contributed by atoms with Gasteiger partial charge < -0.3 is 5.32 Å². The number of hydrogen-bond acceptors (Lipinski definition) is 3. The van der Waals surface area contributed by atoms with E-state index in [9.17, 15) is 62.7 Å². The molecule has 1 unspecified atom stereocenters. The van der Waals surface area contributed by atoms with E-state index in [1.54, 1.807) is 6.92 Å². The molecule has 0 saturated carbocycles. The van der Waals surface area contributed by atoms with Crippen molar-refractivity contribution in [1.29, 1.82) is 5.26 Å². The maximum Gasteiger partial charge on any atom is 0.393 e. The van der Waals surface area contributed by atoms with Gasteiger partial charge in [0.2, 0.25) is 0 Å². The van der Waals surface area contributed by atoms with Gasteiger partial charge >= 0.3 is 41.9 Å². The lowest BCUT2D eigenvalue weighted by atomic mass is 9.88. The van der Waals surface area contributed by atoms with Gasteiger partial charge in [-0.1, -0.05) is 6.92 Å². The number of amides is 1. The van der Waals surface area contributed by atoms with Crippen molar-refractivity contribution >= 4 is 22.2 Å². The SMILES string of the molecule is CC1CCc2c(sc(NC(=O)C(F)(F)C(F)(F)C(F)(F)C(F)(F)C(F)(F)C(F)F)c2C#N)C1. The minimum absolute atomic E-state index is 0.0504. The Kier molecular flexibility index (Phi) is 6.76. The third-order valence-corrected chi connectivity index (χ3v) is 6.18. The third-order valence-electron chi connectivity index (χ3n) is 5.01. The molecule has 1 aromatic heterocycles. The highest BCUT2D eigenvalue weighted by Crippen LogP contribution is 2.58. The summed E-state index contributed by atoms with van der Waals surface area (Å²) in [6.07, 6.45) is -4.58. The summed E-state index contributed by atoms with van der Waals surface area (Å²) < 4.78 is 159. The Morgan fingerprint density at radius 3 is 2.06 bits per heavy atom. The normalized spacial score (nSPS) is 18.2. The number of fused-ring (bicyclic) bond motifs is 1. The van der Waals surface area contributed by atoms with Crippen molar-refractivity contribution in [3.63, 3.8) is 0 Å². The van der Waals surface area contributed by atoms with Gasteiger partial charge in [0.1, 0.15) is 11.1 Å². The van der Waals surface area contributed by atoms with Crippen LogP contribution in [0.4, 0.5) is 57.7 Å². The number of anilines is 1. The summed E-state index contributed by atoms with van der Waals surface area (Å²) in [7, 11) is 0. The summed E-state index contributed by atoms with van der Waals surface area (Å²) in [5.41, 5.74) is -0.171. The lowest BCUT2D eigenvalue weighted by Crippen LogP contribution is -2.70. The molecule has 0 spiro atoms. The van der Waals surface area contributed by atoms with E-state index in [-0.39, 0.29) is 17.9 Å². The Morgan fingerprint density at radius 1 is 1.03 bits per heavy atom. The molecule has 0 saturated heterocycles. The van der Waals surface area contributed by atoms with Crippen LogP contribution in [-0.4, -0.2) is 41.9 Å². The van der Waals surface area contributed by atoms with E-state index >= 15 is 0 Å². The van der Waals surface area contributed by atoms with Crippen LogP contribution in [0.15, 0.2) is 0 Å². The van der Waals surface area contributed by atoms with Crippen LogP contribution in [0.1, 0.15) is 29.3 Å². The Morgan fingerprint density at radius 2 is 1.58 bits per heavy atom. The summed E-state index contributed by atoms with van der Waals surface area (Å²) in [4.78, 5) is 12.1. The van der Waals surface area contributed by atoms with Gasteiger partial charge in [-0.15, -0.1) is 11.3 Å². The van der Waals surface area contributed by atoms with Gasteiger partial charge in [0.15, 0.2) is 0 Å². The average molecular weight is 520 g/mol. The fourth-order valence-electron chi connectivity index (χ4n) is 3.02. The molecular formula is C17H12F12N2OS. The third kappa shape index (κ3) is 3.91. The predicted octanol–water partition coefficient (Wildman–Crippen LogP) is 6.12. The van der Waals surface area contributed by atoms with Gasteiger partial charge in [-0.25, -0.2) is 8.78 Å². The highest BCUT2D eigenvalue weighted by atomic mass is 32.1. The van der Waals surface area contributed by atoms with Crippen molar-refractivity contribution in [3.05, 3.63) is 16.0 Å². The first-order valence-corrected chi connectivity index (χ1v) is 9.62. The molecule has 1 atom stereocenters. The fourth-order valence-corrected chi connectivity index (χ4v) is 4.38. The zero-order valence-corrected chi connectivity index (χ0v) is 16.9. The molecule has 3 nitrogen and oxygen atoms in total. The standard InChI is InChI=1S/C17H12F12N2OS/c1-6-2-3-7-8(5-30)10(33-9(7)4-6)31-12(32)14(22,23)16(26,27)17(28,29)15(24,25)13(20,21)11(18)19/h6,11H,2-4H2,1H3,(H,31,32). The first-order valence-electron chi connectivity index (χ1n) is 8.80. The number of halogens is 12. The molecule has 0 bridgehead atoms. The summed E-state index contributed by atoms with van der Waals surface area (Å²) >= 11 is 0.479. The molecule has 2 rings (SSSR count). The van der Waals surface area contributed by atoms with Crippen molar-refractivity contribution in [2.24, 2.45) is 5.92 Å². The van der Waals surface area contributed by atoms with E-state index in [1.165, 1.54) is 6.07 Å².